The van der Waals surface area contributed by atoms with Crippen molar-refractivity contribution >= 4 is 11.9 Å². The van der Waals surface area contributed by atoms with Crippen molar-refractivity contribution in [3.8, 4) is 5.69 Å². The largest absolute Gasteiger partial charge is 0.451 e. The first-order valence-corrected chi connectivity index (χ1v) is 6.75. The van der Waals surface area contributed by atoms with E-state index in [1.165, 1.54) is 12.1 Å². The monoisotopic (exact) mass is 336 g/mol. The van der Waals surface area contributed by atoms with E-state index in [9.17, 15) is 18.0 Å². The van der Waals surface area contributed by atoms with Gasteiger partial charge in [-0.2, -0.15) is 23.3 Å². The van der Waals surface area contributed by atoms with E-state index in [-0.39, 0.29) is 5.56 Å². The number of benzene rings is 1. The Balaban J connectivity index is 1.72. The maximum Gasteiger partial charge on any atom is 0.451 e. The number of aryl methyl sites for hydroxylation is 1. The molecule has 1 aromatic carbocycles. The third kappa shape index (κ3) is 3.26. The zero-order valence-corrected chi connectivity index (χ0v) is 12.3. The normalized spacial score (nSPS) is 11.5. The molecule has 0 aliphatic rings. The summed E-state index contributed by atoms with van der Waals surface area (Å²) in [6, 6.07) is 6.39. The summed E-state index contributed by atoms with van der Waals surface area (Å²) in [5.74, 6) is -2.34. The van der Waals surface area contributed by atoms with Crippen molar-refractivity contribution in [2.75, 3.05) is 5.32 Å². The fourth-order valence-corrected chi connectivity index (χ4v) is 1.94. The van der Waals surface area contributed by atoms with Crippen LogP contribution in [-0.2, 0) is 6.18 Å². The summed E-state index contributed by atoms with van der Waals surface area (Å²) in [5, 5.41) is 11.4. The smallest absolute Gasteiger partial charge is 0.289 e. The SMILES string of the molecule is Cc1cnn(-c2ccc(C(=O)Nc3n[nH]c(C(F)(F)F)n3)cc2)c1. The lowest BCUT2D eigenvalue weighted by Gasteiger charge is -2.04. The second-order valence-corrected chi connectivity index (χ2v) is 4.97. The molecule has 0 aliphatic heterocycles. The zero-order chi connectivity index (χ0) is 17.3. The van der Waals surface area contributed by atoms with Crippen molar-refractivity contribution in [1.29, 1.82) is 0 Å². The van der Waals surface area contributed by atoms with Crippen LogP contribution >= 0.6 is 0 Å². The molecule has 3 rings (SSSR count). The van der Waals surface area contributed by atoms with Gasteiger partial charge in [0.25, 0.3) is 5.91 Å². The molecule has 0 spiro atoms. The number of rotatable bonds is 3. The van der Waals surface area contributed by atoms with Crippen LogP contribution in [0.5, 0.6) is 0 Å². The highest BCUT2D eigenvalue weighted by Crippen LogP contribution is 2.26. The minimum Gasteiger partial charge on any atom is -0.289 e. The molecule has 0 unspecified atom stereocenters. The van der Waals surface area contributed by atoms with E-state index >= 15 is 0 Å². The highest BCUT2D eigenvalue weighted by atomic mass is 19.4. The van der Waals surface area contributed by atoms with Gasteiger partial charge in [-0.15, -0.1) is 5.10 Å². The summed E-state index contributed by atoms with van der Waals surface area (Å²) in [6.45, 7) is 1.90. The lowest BCUT2D eigenvalue weighted by molar-refractivity contribution is -0.144. The van der Waals surface area contributed by atoms with Crippen LogP contribution in [0.15, 0.2) is 36.7 Å². The average Bonchev–Trinajstić information content (AvgIpc) is 3.16. The van der Waals surface area contributed by atoms with E-state index in [2.05, 4.69) is 20.5 Å². The van der Waals surface area contributed by atoms with Crippen molar-refractivity contribution in [1.82, 2.24) is 25.0 Å². The predicted molar refractivity (Wildman–Crippen MR) is 77.6 cm³/mol. The summed E-state index contributed by atoms with van der Waals surface area (Å²) >= 11 is 0. The fraction of sp³-hybridized carbons (Fsp3) is 0.143. The quantitative estimate of drug-likeness (QED) is 0.769. The van der Waals surface area contributed by atoms with Gasteiger partial charge in [0.1, 0.15) is 0 Å². The van der Waals surface area contributed by atoms with Gasteiger partial charge in [0.2, 0.25) is 11.8 Å². The number of hydrogen-bond donors (Lipinski definition) is 2. The molecule has 0 bridgehead atoms. The number of amides is 1. The van der Waals surface area contributed by atoms with Crippen LogP contribution in [-0.4, -0.2) is 30.9 Å². The van der Waals surface area contributed by atoms with Crippen LogP contribution in [0.2, 0.25) is 0 Å². The summed E-state index contributed by atoms with van der Waals surface area (Å²) in [7, 11) is 0. The topological polar surface area (TPSA) is 88.5 Å². The Morgan fingerprint density at radius 2 is 1.96 bits per heavy atom. The zero-order valence-electron chi connectivity index (χ0n) is 12.3. The molecule has 0 saturated heterocycles. The Kier molecular flexibility index (Phi) is 3.80. The third-order valence-electron chi connectivity index (χ3n) is 3.08. The second-order valence-electron chi connectivity index (χ2n) is 4.97. The fourth-order valence-electron chi connectivity index (χ4n) is 1.94. The molecule has 7 nitrogen and oxygen atoms in total. The molecule has 3 aromatic rings. The van der Waals surface area contributed by atoms with E-state index in [0.29, 0.717) is 0 Å². The molecule has 1 amide bonds. The van der Waals surface area contributed by atoms with Crippen LogP contribution in [0, 0.1) is 6.92 Å². The second kappa shape index (κ2) is 5.80. The number of nitrogens with one attached hydrogen (secondary N) is 2. The first kappa shape index (κ1) is 15.7. The van der Waals surface area contributed by atoms with E-state index < -0.39 is 23.9 Å². The molecule has 0 saturated carbocycles. The lowest BCUT2D eigenvalue weighted by Crippen LogP contribution is -2.13. The summed E-state index contributed by atoms with van der Waals surface area (Å²) in [6.07, 6.45) is -1.14. The molecule has 10 heteroatoms. The van der Waals surface area contributed by atoms with Crippen LogP contribution in [0.4, 0.5) is 19.1 Å². The number of aromatic nitrogens is 5. The number of H-pyrrole nitrogens is 1. The van der Waals surface area contributed by atoms with E-state index in [1.54, 1.807) is 28.1 Å². The Labute approximate surface area is 133 Å². The highest BCUT2D eigenvalue weighted by molar-refractivity contribution is 6.03. The number of alkyl halides is 3. The third-order valence-corrected chi connectivity index (χ3v) is 3.08. The summed E-state index contributed by atoms with van der Waals surface area (Å²) < 4.78 is 38.9. The molecule has 0 aliphatic carbocycles. The molecule has 2 aromatic heterocycles. The van der Waals surface area contributed by atoms with Crippen LogP contribution < -0.4 is 5.32 Å². The first-order valence-electron chi connectivity index (χ1n) is 6.75. The van der Waals surface area contributed by atoms with E-state index in [0.717, 1.165) is 11.3 Å². The molecule has 2 N–H and O–H groups in total. The number of nitrogens with zero attached hydrogens (tertiary/aromatic N) is 4. The first-order chi connectivity index (χ1) is 11.3. The van der Waals surface area contributed by atoms with Crippen LogP contribution in [0.1, 0.15) is 21.7 Å². The van der Waals surface area contributed by atoms with Gasteiger partial charge >= 0.3 is 6.18 Å². The van der Waals surface area contributed by atoms with Gasteiger partial charge in [-0.25, -0.2) is 4.68 Å². The Morgan fingerprint density at radius 3 is 2.50 bits per heavy atom. The van der Waals surface area contributed by atoms with Gasteiger partial charge in [-0.1, -0.05) is 0 Å². The number of carbonyl (C=O) groups is 1. The minimum absolute atomic E-state index is 0.251. The molecular weight excluding hydrogens is 325 g/mol. The van der Waals surface area contributed by atoms with Crippen molar-refractivity contribution in [3.05, 3.63) is 53.6 Å². The van der Waals surface area contributed by atoms with Crippen LogP contribution in [0.25, 0.3) is 5.69 Å². The Bertz CT molecular complexity index is 865. The van der Waals surface area contributed by atoms with Gasteiger partial charge in [0.15, 0.2) is 0 Å². The molecule has 0 atom stereocenters. The molecule has 0 fully saturated rings. The maximum absolute atomic E-state index is 12.4. The van der Waals surface area contributed by atoms with Crippen molar-refractivity contribution in [2.24, 2.45) is 0 Å². The lowest BCUT2D eigenvalue weighted by atomic mass is 10.2. The van der Waals surface area contributed by atoms with E-state index in [4.69, 9.17) is 0 Å². The number of hydrogen-bond acceptors (Lipinski definition) is 4. The van der Waals surface area contributed by atoms with Gasteiger partial charge < -0.3 is 0 Å². The van der Waals surface area contributed by atoms with Crippen molar-refractivity contribution in [2.45, 2.75) is 13.1 Å². The standard InChI is InChI=1S/C14H11F3N6O/c1-8-6-18-23(7-8)10-4-2-9(3-5-10)11(24)19-13-20-12(21-22-13)14(15,16)17/h2-7H,1H3,(H2,19,20,21,22,24). The van der Waals surface area contributed by atoms with Crippen molar-refractivity contribution < 1.29 is 18.0 Å². The molecule has 2 heterocycles. The molecule has 24 heavy (non-hydrogen) atoms. The highest BCUT2D eigenvalue weighted by Gasteiger charge is 2.35. The summed E-state index contributed by atoms with van der Waals surface area (Å²) in [5.41, 5.74) is 1.99. The summed E-state index contributed by atoms with van der Waals surface area (Å²) in [4.78, 5) is 15.2. The molecule has 0 radical (unpaired) electrons. The van der Waals surface area contributed by atoms with Gasteiger partial charge in [-0.05, 0) is 36.8 Å². The number of aromatic amines is 1. The molecule has 124 valence electrons. The number of carbonyl (C=O) groups excluding carboxylic acids is 1. The number of halogens is 3. The van der Waals surface area contributed by atoms with Crippen LogP contribution in [0.3, 0.4) is 0 Å². The maximum atomic E-state index is 12.4. The Hall–Kier alpha value is -3.17. The predicted octanol–water partition coefficient (Wildman–Crippen LogP) is 2.57. The Morgan fingerprint density at radius 1 is 1.25 bits per heavy atom. The van der Waals surface area contributed by atoms with Crippen molar-refractivity contribution in [3.63, 3.8) is 0 Å². The number of anilines is 1. The van der Waals surface area contributed by atoms with Gasteiger partial charge in [-0.3, -0.25) is 15.2 Å². The van der Waals surface area contributed by atoms with Gasteiger partial charge in [0.05, 0.1) is 11.9 Å². The average molecular weight is 336 g/mol. The molecular formula is C14H11F3N6O. The minimum atomic E-state index is -4.65. The van der Waals surface area contributed by atoms with E-state index in [1.807, 2.05) is 13.1 Å². The van der Waals surface area contributed by atoms with Gasteiger partial charge in [0, 0.05) is 11.8 Å².